The molecule has 0 fully saturated rings. The molecule has 7 heteroatoms. The Balaban J connectivity index is 1.54. The maximum absolute atomic E-state index is 12.1. The Kier molecular flexibility index (Phi) is 4.77. The maximum Gasteiger partial charge on any atom is 0.244 e. The number of hydrogen-bond acceptors (Lipinski definition) is 5. The molecular formula is C16H17N5OS. The lowest BCUT2D eigenvalue weighted by atomic mass is 10.2. The van der Waals surface area contributed by atoms with Gasteiger partial charge in [-0.25, -0.2) is 14.6 Å². The van der Waals surface area contributed by atoms with Crippen molar-refractivity contribution in [2.24, 2.45) is 0 Å². The molecule has 0 saturated heterocycles. The summed E-state index contributed by atoms with van der Waals surface area (Å²) in [7, 11) is 0. The maximum atomic E-state index is 12.1. The van der Waals surface area contributed by atoms with Gasteiger partial charge in [0.15, 0.2) is 0 Å². The first kappa shape index (κ1) is 15.4. The van der Waals surface area contributed by atoms with Crippen molar-refractivity contribution in [1.29, 1.82) is 0 Å². The molecule has 1 aromatic carbocycles. The van der Waals surface area contributed by atoms with Gasteiger partial charge >= 0.3 is 0 Å². The van der Waals surface area contributed by atoms with E-state index in [1.54, 1.807) is 18.3 Å². The summed E-state index contributed by atoms with van der Waals surface area (Å²) in [5.41, 5.74) is 2.11. The molecule has 0 spiro atoms. The third-order valence-corrected chi connectivity index (χ3v) is 4.35. The smallest absolute Gasteiger partial charge is 0.244 e. The minimum absolute atomic E-state index is 0.104. The van der Waals surface area contributed by atoms with Crippen LogP contribution in [0, 0.1) is 0 Å². The molecule has 1 amide bonds. The van der Waals surface area contributed by atoms with E-state index in [-0.39, 0.29) is 11.9 Å². The average molecular weight is 327 g/mol. The summed E-state index contributed by atoms with van der Waals surface area (Å²) in [6.45, 7) is 2.20. The van der Waals surface area contributed by atoms with Gasteiger partial charge in [0, 0.05) is 11.8 Å². The molecule has 0 aliphatic carbocycles. The largest absolute Gasteiger partial charge is 0.349 e. The van der Waals surface area contributed by atoms with E-state index in [4.69, 9.17) is 0 Å². The Labute approximate surface area is 138 Å². The van der Waals surface area contributed by atoms with E-state index in [1.165, 1.54) is 22.9 Å². The Bertz CT molecular complexity index is 754. The highest BCUT2D eigenvalue weighted by Gasteiger charge is 2.15. The molecule has 1 atom stereocenters. The fourth-order valence-electron chi connectivity index (χ4n) is 2.14. The number of nitrogens with zero attached hydrogens (tertiary/aromatic N) is 4. The van der Waals surface area contributed by atoms with Gasteiger partial charge in [0.05, 0.1) is 17.2 Å². The third-order valence-electron chi connectivity index (χ3n) is 3.45. The number of aromatic nitrogens is 4. The number of amides is 1. The highest BCUT2D eigenvalue weighted by Crippen LogP contribution is 2.15. The molecule has 23 heavy (non-hydrogen) atoms. The van der Waals surface area contributed by atoms with Crippen molar-refractivity contribution >= 4 is 17.2 Å². The van der Waals surface area contributed by atoms with Crippen molar-refractivity contribution in [3.05, 3.63) is 64.6 Å². The molecule has 0 radical (unpaired) electrons. The van der Waals surface area contributed by atoms with Crippen LogP contribution in [-0.4, -0.2) is 25.7 Å². The third kappa shape index (κ3) is 4.01. The zero-order valence-electron chi connectivity index (χ0n) is 12.7. The summed E-state index contributed by atoms with van der Waals surface area (Å²) in [5.74, 6) is -0.104. The van der Waals surface area contributed by atoms with Crippen LogP contribution in [0.5, 0.6) is 0 Å². The number of carbonyl (C=O) groups is 1. The Morgan fingerprint density at radius 3 is 2.91 bits per heavy atom. The predicted molar refractivity (Wildman–Crippen MR) is 87.9 cm³/mol. The minimum atomic E-state index is -0.389. The summed E-state index contributed by atoms with van der Waals surface area (Å²) in [6, 6.07) is 9.83. The number of nitrogens with one attached hydrogen (secondary N) is 1. The first-order chi connectivity index (χ1) is 11.2. The van der Waals surface area contributed by atoms with Crippen molar-refractivity contribution in [3.8, 4) is 0 Å². The van der Waals surface area contributed by atoms with Gasteiger partial charge in [0.1, 0.15) is 18.7 Å². The van der Waals surface area contributed by atoms with Crippen LogP contribution in [0.25, 0.3) is 0 Å². The van der Waals surface area contributed by atoms with Crippen molar-refractivity contribution in [3.63, 3.8) is 0 Å². The standard InChI is InChI=1S/C16H17N5OS/c1-12(21-11-17-10-19-21)16(22)18-8-14-9-23-15(20-14)7-13-5-3-2-4-6-13/h2-6,9-12H,7-8H2,1H3,(H,18,22)/t12-/m0/s1. The van der Waals surface area contributed by atoms with Gasteiger partial charge in [0.2, 0.25) is 5.91 Å². The van der Waals surface area contributed by atoms with Gasteiger partial charge in [0.25, 0.3) is 0 Å². The average Bonchev–Trinajstić information content (AvgIpc) is 3.25. The first-order valence-electron chi connectivity index (χ1n) is 7.31. The second kappa shape index (κ2) is 7.15. The molecule has 3 aromatic rings. The molecule has 0 aliphatic heterocycles. The number of benzene rings is 1. The zero-order chi connectivity index (χ0) is 16.1. The van der Waals surface area contributed by atoms with Gasteiger partial charge in [-0.05, 0) is 12.5 Å². The second-order valence-electron chi connectivity index (χ2n) is 5.16. The monoisotopic (exact) mass is 327 g/mol. The summed E-state index contributed by atoms with van der Waals surface area (Å²) in [6.07, 6.45) is 3.76. The van der Waals surface area contributed by atoms with E-state index < -0.39 is 0 Å². The lowest BCUT2D eigenvalue weighted by Crippen LogP contribution is -2.30. The van der Waals surface area contributed by atoms with Crippen LogP contribution < -0.4 is 5.32 Å². The molecule has 0 saturated carbocycles. The fourth-order valence-corrected chi connectivity index (χ4v) is 2.97. The zero-order valence-corrected chi connectivity index (χ0v) is 13.5. The van der Waals surface area contributed by atoms with Crippen molar-refractivity contribution < 1.29 is 4.79 Å². The molecule has 118 valence electrons. The number of carbonyl (C=O) groups excluding carboxylic acids is 1. The molecule has 6 nitrogen and oxygen atoms in total. The van der Waals surface area contributed by atoms with Gasteiger partial charge < -0.3 is 5.32 Å². The minimum Gasteiger partial charge on any atom is -0.349 e. The van der Waals surface area contributed by atoms with Crippen LogP contribution in [-0.2, 0) is 17.8 Å². The van der Waals surface area contributed by atoms with Gasteiger partial charge in [-0.15, -0.1) is 11.3 Å². The summed E-state index contributed by atoms with van der Waals surface area (Å²) < 4.78 is 1.53. The van der Waals surface area contributed by atoms with Crippen molar-refractivity contribution in [2.45, 2.75) is 25.9 Å². The van der Waals surface area contributed by atoms with E-state index in [0.717, 1.165) is 17.1 Å². The van der Waals surface area contributed by atoms with E-state index in [0.29, 0.717) is 6.54 Å². The quantitative estimate of drug-likeness (QED) is 0.753. The predicted octanol–water partition coefficient (Wildman–Crippen LogP) is 2.20. The van der Waals surface area contributed by atoms with Crippen molar-refractivity contribution in [1.82, 2.24) is 25.1 Å². The Morgan fingerprint density at radius 2 is 2.17 bits per heavy atom. The topological polar surface area (TPSA) is 72.7 Å². The fraction of sp³-hybridized carbons (Fsp3) is 0.250. The lowest BCUT2D eigenvalue weighted by Gasteiger charge is -2.11. The molecule has 1 N–H and O–H groups in total. The van der Waals surface area contributed by atoms with E-state index in [9.17, 15) is 4.79 Å². The number of thiazole rings is 1. The molecule has 3 rings (SSSR count). The highest BCUT2D eigenvalue weighted by molar-refractivity contribution is 7.09. The Hall–Kier alpha value is -2.54. The molecule has 0 unspecified atom stereocenters. The number of hydrogen-bond donors (Lipinski definition) is 1. The van der Waals surface area contributed by atoms with Crippen LogP contribution >= 0.6 is 11.3 Å². The molecule has 2 aromatic heterocycles. The molecule has 0 bridgehead atoms. The van der Waals surface area contributed by atoms with Crippen LogP contribution in [0.15, 0.2) is 48.4 Å². The normalized spacial score (nSPS) is 12.0. The summed E-state index contributed by atoms with van der Waals surface area (Å²) in [5, 5.41) is 9.89. The summed E-state index contributed by atoms with van der Waals surface area (Å²) in [4.78, 5) is 20.5. The van der Waals surface area contributed by atoms with Gasteiger partial charge in [-0.3, -0.25) is 4.79 Å². The lowest BCUT2D eigenvalue weighted by molar-refractivity contribution is -0.124. The molecule has 0 aliphatic rings. The Morgan fingerprint density at radius 1 is 1.35 bits per heavy atom. The first-order valence-corrected chi connectivity index (χ1v) is 8.19. The highest BCUT2D eigenvalue weighted by atomic mass is 32.1. The van der Waals surface area contributed by atoms with Crippen LogP contribution in [0.3, 0.4) is 0 Å². The van der Waals surface area contributed by atoms with E-state index in [2.05, 4.69) is 32.5 Å². The SMILES string of the molecule is C[C@@H](C(=O)NCc1csc(Cc2ccccc2)n1)n1cncn1. The van der Waals surface area contributed by atoms with E-state index >= 15 is 0 Å². The second-order valence-corrected chi connectivity index (χ2v) is 6.11. The van der Waals surface area contributed by atoms with Crippen LogP contribution in [0.2, 0.25) is 0 Å². The summed E-state index contributed by atoms with van der Waals surface area (Å²) >= 11 is 1.61. The van der Waals surface area contributed by atoms with Gasteiger partial charge in [-0.2, -0.15) is 5.10 Å². The van der Waals surface area contributed by atoms with Gasteiger partial charge in [-0.1, -0.05) is 30.3 Å². The van der Waals surface area contributed by atoms with Crippen LogP contribution in [0.4, 0.5) is 0 Å². The van der Waals surface area contributed by atoms with Crippen LogP contribution in [0.1, 0.15) is 29.2 Å². The molecular weight excluding hydrogens is 310 g/mol. The van der Waals surface area contributed by atoms with Crippen molar-refractivity contribution in [2.75, 3.05) is 0 Å². The number of rotatable bonds is 6. The molecule has 2 heterocycles. The van der Waals surface area contributed by atoms with E-state index in [1.807, 2.05) is 23.6 Å².